The minimum atomic E-state index is -0.935. The number of carbonyl (C=O) groups is 2. The number of amides is 1. The van der Waals surface area contributed by atoms with Crippen molar-refractivity contribution >= 4 is 23.7 Å². The molecule has 1 aliphatic heterocycles. The van der Waals surface area contributed by atoms with E-state index in [-0.39, 0.29) is 6.04 Å². The third kappa shape index (κ3) is 6.45. The molecule has 0 spiro atoms. The summed E-state index contributed by atoms with van der Waals surface area (Å²) in [5, 5.41) is 13.5. The van der Waals surface area contributed by atoms with Crippen molar-refractivity contribution in [3.8, 4) is 0 Å². The van der Waals surface area contributed by atoms with Gasteiger partial charge in [0, 0.05) is 18.1 Å². The second-order valence-corrected chi connectivity index (χ2v) is 9.30. The lowest BCUT2D eigenvalue weighted by atomic mass is 9.94. The maximum atomic E-state index is 12.9. The predicted molar refractivity (Wildman–Crippen MR) is 120 cm³/mol. The van der Waals surface area contributed by atoms with Crippen LogP contribution < -0.4 is 5.32 Å². The van der Waals surface area contributed by atoms with Crippen LogP contribution >= 0.6 is 11.6 Å². The maximum absolute atomic E-state index is 12.9. The number of rotatable bonds is 6. The average Bonchev–Trinajstić information content (AvgIpc) is 2.70. The summed E-state index contributed by atoms with van der Waals surface area (Å²) >= 11 is 5.92. The van der Waals surface area contributed by atoms with Gasteiger partial charge >= 0.3 is 12.1 Å². The Bertz CT molecular complexity index is 924. The number of benzene rings is 2. The van der Waals surface area contributed by atoms with Gasteiger partial charge in [0.2, 0.25) is 0 Å². The van der Waals surface area contributed by atoms with Crippen LogP contribution in [-0.2, 0) is 28.9 Å². The molecule has 3 rings (SSSR count). The number of aliphatic carboxylic acids is 1. The van der Waals surface area contributed by atoms with Gasteiger partial charge in [0.05, 0.1) is 6.04 Å². The Balaban J connectivity index is 1.74. The van der Waals surface area contributed by atoms with Crippen LogP contribution in [0.3, 0.4) is 0 Å². The molecule has 0 aliphatic carbocycles. The van der Waals surface area contributed by atoms with Crippen LogP contribution in [0.5, 0.6) is 0 Å². The van der Waals surface area contributed by atoms with Crippen LogP contribution in [0.4, 0.5) is 4.79 Å². The Morgan fingerprint density at radius 1 is 1.16 bits per heavy atom. The smallest absolute Gasteiger partial charge is 0.410 e. The van der Waals surface area contributed by atoms with E-state index >= 15 is 0 Å². The third-order valence-electron chi connectivity index (χ3n) is 5.23. The van der Waals surface area contributed by atoms with Gasteiger partial charge in [-0.25, -0.2) is 4.79 Å². The number of fused-ring (bicyclic) bond motifs is 1. The molecule has 31 heavy (non-hydrogen) atoms. The topological polar surface area (TPSA) is 78.9 Å². The summed E-state index contributed by atoms with van der Waals surface area (Å²) < 4.78 is 5.61. The van der Waals surface area contributed by atoms with E-state index in [2.05, 4.69) is 11.4 Å². The minimum absolute atomic E-state index is 0.211. The van der Waals surface area contributed by atoms with E-state index in [4.69, 9.17) is 16.3 Å². The number of carbonyl (C=O) groups excluding carboxylic acids is 1. The fraction of sp³-hybridized carbons (Fsp3) is 0.417. The standard InChI is InChI=1S/C24H29ClN2O4/c1-24(2,3)31-23(30)27-15-18-7-5-4-6-17(18)13-20(27)14-26-21(22(28)29)12-16-8-10-19(25)11-9-16/h4-11,20-21,26H,12-15H2,1-3H3,(H,28,29)/t20-,21+/m0/s1. The number of ether oxygens (including phenoxy) is 1. The summed E-state index contributed by atoms with van der Waals surface area (Å²) in [5.41, 5.74) is 2.52. The molecule has 7 heteroatoms. The molecule has 2 aromatic rings. The van der Waals surface area contributed by atoms with E-state index in [1.165, 1.54) is 5.56 Å². The molecule has 0 radical (unpaired) electrons. The zero-order chi connectivity index (χ0) is 22.6. The Hall–Kier alpha value is -2.57. The van der Waals surface area contributed by atoms with Gasteiger partial charge in [-0.15, -0.1) is 0 Å². The van der Waals surface area contributed by atoms with E-state index < -0.39 is 23.7 Å². The molecular weight excluding hydrogens is 416 g/mol. The number of carboxylic acids is 1. The highest BCUT2D eigenvalue weighted by molar-refractivity contribution is 6.30. The SMILES string of the molecule is CC(C)(C)OC(=O)N1Cc2ccccc2C[C@H]1CN[C@H](Cc1ccc(Cl)cc1)C(=O)O. The molecule has 2 aromatic carbocycles. The highest BCUT2D eigenvalue weighted by atomic mass is 35.5. The minimum Gasteiger partial charge on any atom is -0.480 e. The molecule has 0 saturated carbocycles. The number of nitrogens with one attached hydrogen (secondary N) is 1. The van der Waals surface area contributed by atoms with Crippen LogP contribution in [0.1, 0.15) is 37.5 Å². The summed E-state index contributed by atoms with van der Waals surface area (Å²) in [6.45, 7) is 6.29. The van der Waals surface area contributed by atoms with Crippen molar-refractivity contribution < 1.29 is 19.4 Å². The number of hydrogen-bond acceptors (Lipinski definition) is 4. The molecule has 1 heterocycles. The summed E-state index contributed by atoms with van der Waals surface area (Å²) in [6, 6.07) is 14.2. The zero-order valence-electron chi connectivity index (χ0n) is 18.1. The van der Waals surface area contributed by atoms with E-state index in [1.54, 1.807) is 17.0 Å². The number of nitrogens with zero attached hydrogens (tertiary/aromatic N) is 1. The van der Waals surface area contributed by atoms with Gasteiger partial charge < -0.3 is 15.2 Å². The van der Waals surface area contributed by atoms with E-state index in [9.17, 15) is 14.7 Å². The molecule has 166 valence electrons. The van der Waals surface area contributed by atoms with Gasteiger partial charge in [-0.1, -0.05) is 48.0 Å². The van der Waals surface area contributed by atoms with Crippen molar-refractivity contribution in [3.05, 3.63) is 70.2 Å². The van der Waals surface area contributed by atoms with Gasteiger partial charge in [-0.05, 0) is 62.4 Å². The molecular formula is C24H29ClN2O4. The van der Waals surface area contributed by atoms with Gasteiger partial charge in [0.1, 0.15) is 11.6 Å². The van der Waals surface area contributed by atoms with Crippen LogP contribution in [0.25, 0.3) is 0 Å². The molecule has 2 N–H and O–H groups in total. The van der Waals surface area contributed by atoms with Crippen molar-refractivity contribution in [2.24, 2.45) is 0 Å². The van der Waals surface area contributed by atoms with Gasteiger partial charge in [-0.2, -0.15) is 0 Å². The summed E-state index contributed by atoms with van der Waals surface area (Å²) in [7, 11) is 0. The molecule has 0 unspecified atom stereocenters. The van der Waals surface area contributed by atoms with Crippen LogP contribution in [0.15, 0.2) is 48.5 Å². The molecule has 0 saturated heterocycles. The zero-order valence-corrected chi connectivity index (χ0v) is 18.9. The van der Waals surface area contributed by atoms with E-state index in [0.717, 1.165) is 11.1 Å². The average molecular weight is 445 g/mol. The lowest BCUT2D eigenvalue weighted by Gasteiger charge is -2.38. The third-order valence-corrected chi connectivity index (χ3v) is 5.49. The molecule has 0 fully saturated rings. The molecule has 1 aliphatic rings. The number of carboxylic acid groups (broad SMARTS) is 1. The first-order valence-electron chi connectivity index (χ1n) is 10.4. The van der Waals surface area contributed by atoms with Gasteiger partial charge in [0.25, 0.3) is 0 Å². The van der Waals surface area contributed by atoms with E-state index in [0.29, 0.717) is 31.0 Å². The number of halogens is 1. The lowest BCUT2D eigenvalue weighted by molar-refractivity contribution is -0.139. The second-order valence-electron chi connectivity index (χ2n) is 8.86. The monoisotopic (exact) mass is 444 g/mol. The molecule has 0 bridgehead atoms. The summed E-state index contributed by atoms with van der Waals surface area (Å²) in [4.78, 5) is 26.4. The van der Waals surface area contributed by atoms with Gasteiger partial charge in [0.15, 0.2) is 0 Å². The first-order chi connectivity index (χ1) is 14.6. The van der Waals surface area contributed by atoms with Crippen molar-refractivity contribution in [1.82, 2.24) is 10.2 Å². The summed E-state index contributed by atoms with van der Waals surface area (Å²) in [5.74, 6) is -0.935. The summed E-state index contributed by atoms with van der Waals surface area (Å²) in [6.07, 6.45) is 0.566. The van der Waals surface area contributed by atoms with Crippen molar-refractivity contribution in [2.75, 3.05) is 6.54 Å². The van der Waals surface area contributed by atoms with Gasteiger partial charge in [-0.3, -0.25) is 9.69 Å². The molecule has 1 amide bonds. The lowest BCUT2D eigenvalue weighted by Crippen LogP contribution is -2.53. The molecule has 0 aromatic heterocycles. The first kappa shape index (κ1) is 23.1. The Morgan fingerprint density at radius 3 is 2.42 bits per heavy atom. The Labute approximate surface area is 188 Å². The van der Waals surface area contributed by atoms with Crippen LogP contribution in [0, 0.1) is 0 Å². The largest absolute Gasteiger partial charge is 0.480 e. The maximum Gasteiger partial charge on any atom is 0.410 e. The van der Waals surface area contributed by atoms with Crippen molar-refractivity contribution in [3.63, 3.8) is 0 Å². The second kappa shape index (κ2) is 9.71. The highest BCUT2D eigenvalue weighted by Crippen LogP contribution is 2.25. The molecule has 2 atom stereocenters. The Kier molecular flexibility index (Phi) is 7.23. The Morgan fingerprint density at radius 2 is 1.81 bits per heavy atom. The van der Waals surface area contributed by atoms with Crippen LogP contribution in [0.2, 0.25) is 5.02 Å². The normalized spacial score (nSPS) is 17.0. The van der Waals surface area contributed by atoms with E-state index in [1.807, 2.05) is 51.1 Å². The predicted octanol–water partition coefficient (Wildman–Crippen LogP) is 4.29. The number of hydrogen-bond donors (Lipinski definition) is 2. The highest BCUT2D eigenvalue weighted by Gasteiger charge is 2.33. The van der Waals surface area contributed by atoms with Crippen LogP contribution in [-0.4, -0.2) is 46.3 Å². The van der Waals surface area contributed by atoms with Crippen molar-refractivity contribution in [2.45, 2.75) is 57.8 Å². The fourth-order valence-corrected chi connectivity index (χ4v) is 3.81. The molecule has 6 nitrogen and oxygen atoms in total. The van der Waals surface area contributed by atoms with Crippen molar-refractivity contribution in [1.29, 1.82) is 0 Å². The fourth-order valence-electron chi connectivity index (χ4n) is 3.69. The quantitative estimate of drug-likeness (QED) is 0.694. The first-order valence-corrected chi connectivity index (χ1v) is 10.8.